The molecule has 5 heteroatoms. The van der Waals surface area contributed by atoms with Crippen LogP contribution in [-0.2, 0) is 11.2 Å². The second-order valence-electron chi connectivity index (χ2n) is 7.06. The van der Waals surface area contributed by atoms with Gasteiger partial charge in [0.15, 0.2) is 0 Å². The number of hydrogen-bond donors (Lipinski definition) is 0. The van der Waals surface area contributed by atoms with Crippen LogP contribution >= 0.6 is 11.3 Å². The average Bonchev–Trinajstić information content (AvgIpc) is 3.30. The highest BCUT2D eigenvalue weighted by atomic mass is 32.1. The molecule has 4 rings (SSSR count). The molecule has 0 saturated carbocycles. The standard InChI is InChI=1S/C19H25N3OS/c1-21-12-4-7-15(21)16-8-5-13-22(16)19(23)11-10-18-20-14-6-2-3-9-17(14)24-18/h2-3,6,9,15-16H,4-5,7-8,10-13H2,1H3/t15-,16-/m1/s1. The number of rotatable bonds is 4. The van der Waals surface area contributed by atoms with E-state index in [-0.39, 0.29) is 0 Å². The van der Waals surface area contributed by atoms with Gasteiger partial charge in [0.1, 0.15) is 0 Å². The Morgan fingerprint density at radius 2 is 2.00 bits per heavy atom. The van der Waals surface area contributed by atoms with Gasteiger partial charge in [-0.3, -0.25) is 4.79 Å². The van der Waals surface area contributed by atoms with Crippen LogP contribution in [0.4, 0.5) is 0 Å². The normalized spacial score (nSPS) is 25.0. The van der Waals surface area contributed by atoms with Gasteiger partial charge >= 0.3 is 0 Å². The lowest BCUT2D eigenvalue weighted by Gasteiger charge is -2.33. The number of nitrogens with zero attached hydrogens (tertiary/aromatic N) is 3. The minimum Gasteiger partial charge on any atom is -0.338 e. The Morgan fingerprint density at radius 1 is 1.21 bits per heavy atom. The molecular weight excluding hydrogens is 318 g/mol. The minimum absolute atomic E-state index is 0.317. The summed E-state index contributed by atoms with van der Waals surface area (Å²) in [5.41, 5.74) is 1.05. The van der Waals surface area contributed by atoms with Crippen LogP contribution in [0.5, 0.6) is 0 Å². The largest absolute Gasteiger partial charge is 0.338 e. The van der Waals surface area contributed by atoms with Gasteiger partial charge in [-0.15, -0.1) is 11.3 Å². The zero-order chi connectivity index (χ0) is 16.5. The first-order chi connectivity index (χ1) is 11.7. The van der Waals surface area contributed by atoms with E-state index in [1.807, 2.05) is 18.2 Å². The number of likely N-dealkylation sites (N-methyl/N-ethyl adjacent to an activating group) is 1. The Morgan fingerprint density at radius 3 is 2.79 bits per heavy atom. The molecule has 128 valence electrons. The molecule has 2 aliphatic rings. The van der Waals surface area contributed by atoms with Gasteiger partial charge in [0, 0.05) is 31.5 Å². The van der Waals surface area contributed by atoms with Gasteiger partial charge in [-0.1, -0.05) is 12.1 Å². The summed E-state index contributed by atoms with van der Waals surface area (Å²) >= 11 is 1.72. The monoisotopic (exact) mass is 343 g/mol. The van der Waals surface area contributed by atoms with Crippen LogP contribution < -0.4 is 0 Å². The van der Waals surface area contributed by atoms with E-state index in [1.165, 1.54) is 30.5 Å². The van der Waals surface area contributed by atoms with Crippen molar-refractivity contribution in [3.63, 3.8) is 0 Å². The van der Waals surface area contributed by atoms with Gasteiger partial charge in [0.05, 0.1) is 15.2 Å². The van der Waals surface area contributed by atoms with Crippen LogP contribution in [0.2, 0.25) is 0 Å². The maximum Gasteiger partial charge on any atom is 0.223 e. The van der Waals surface area contributed by atoms with Gasteiger partial charge < -0.3 is 9.80 Å². The van der Waals surface area contributed by atoms with Crippen molar-refractivity contribution >= 4 is 27.5 Å². The van der Waals surface area contributed by atoms with Gasteiger partial charge in [-0.05, 0) is 51.4 Å². The number of thiazole rings is 1. The molecule has 2 fully saturated rings. The van der Waals surface area contributed by atoms with E-state index in [9.17, 15) is 4.79 Å². The first-order valence-electron chi connectivity index (χ1n) is 9.06. The van der Waals surface area contributed by atoms with E-state index in [4.69, 9.17) is 0 Å². The Balaban J connectivity index is 1.40. The van der Waals surface area contributed by atoms with Gasteiger partial charge in [0.25, 0.3) is 0 Å². The topological polar surface area (TPSA) is 36.4 Å². The quantitative estimate of drug-likeness (QED) is 0.854. The van der Waals surface area contributed by atoms with Crippen molar-refractivity contribution in [3.05, 3.63) is 29.3 Å². The maximum absolute atomic E-state index is 12.8. The Labute approximate surface area is 147 Å². The number of benzene rings is 1. The molecule has 1 aromatic carbocycles. The summed E-state index contributed by atoms with van der Waals surface area (Å²) in [7, 11) is 2.21. The molecule has 2 saturated heterocycles. The number of carbonyl (C=O) groups excluding carboxylic acids is 1. The number of hydrogen-bond acceptors (Lipinski definition) is 4. The summed E-state index contributed by atoms with van der Waals surface area (Å²) in [6, 6.07) is 9.21. The molecule has 24 heavy (non-hydrogen) atoms. The number of para-hydroxylation sites is 1. The van der Waals surface area contributed by atoms with Crippen LogP contribution in [0.3, 0.4) is 0 Å². The number of aromatic nitrogens is 1. The van der Waals surface area contributed by atoms with Crippen molar-refractivity contribution in [2.75, 3.05) is 20.1 Å². The zero-order valence-electron chi connectivity index (χ0n) is 14.3. The molecule has 0 radical (unpaired) electrons. The van der Waals surface area contributed by atoms with Crippen LogP contribution in [0.25, 0.3) is 10.2 Å². The van der Waals surface area contributed by atoms with Crippen molar-refractivity contribution in [2.24, 2.45) is 0 Å². The minimum atomic E-state index is 0.317. The van der Waals surface area contributed by atoms with E-state index >= 15 is 0 Å². The summed E-state index contributed by atoms with van der Waals surface area (Å²) in [4.78, 5) is 22.1. The first kappa shape index (κ1) is 16.0. The second-order valence-corrected chi connectivity index (χ2v) is 8.18. The summed E-state index contributed by atoms with van der Waals surface area (Å²) in [5.74, 6) is 0.317. The highest BCUT2D eigenvalue weighted by Crippen LogP contribution is 2.30. The van der Waals surface area contributed by atoms with Crippen LogP contribution in [0, 0.1) is 0 Å². The van der Waals surface area contributed by atoms with E-state index in [1.54, 1.807) is 11.3 Å². The third kappa shape index (κ3) is 3.07. The van der Waals surface area contributed by atoms with Crippen LogP contribution in [0.1, 0.15) is 37.1 Å². The van der Waals surface area contributed by atoms with E-state index < -0.39 is 0 Å². The molecule has 4 nitrogen and oxygen atoms in total. The zero-order valence-corrected chi connectivity index (χ0v) is 15.1. The SMILES string of the molecule is CN1CCC[C@@H]1[C@H]1CCCN1C(=O)CCc1nc2ccccc2s1. The molecule has 0 unspecified atom stereocenters. The number of likely N-dealkylation sites (tertiary alicyclic amines) is 2. The van der Waals surface area contributed by atoms with Crippen molar-refractivity contribution in [3.8, 4) is 0 Å². The number of carbonyl (C=O) groups is 1. The number of fused-ring (bicyclic) bond motifs is 1. The van der Waals surface area contributed by atoms with Gasteiger partial charge in [-0.25, -0.2) is 4.98 Å². The van der Waals surface area contributed by atoms with Gasteiger partial charge in [0.2, 0.25) is 5.91 Å². The predicted octanol–water partition coefficient (Wildman–Crippen LogP) is 3.31. The molecule has 0 bridgehead atoms. The number of amides is 1. The molecule has 2 atom stereocenters. The highest BCUT2D eigenvalue weighted by Gasteiger charge is 2.38. The lowest BCUT2D eigenvalue weighted by molar-refractivity contribution is -0.132. The van der Waals surface area contributed by atoms with Gasteiger partial charge in [-0.2, -0.15) is 0 Å². The second kappa shape index (κ2) is 6.81. The summed E-state index contributed by atoms with van der Waals surface area (Å²) in [6.45, 7) is 2.11. The molecule has 2 aromatic rings. The van der Waals surface area contributed by atoms with Crippen LogP contribution in [-0.4, -0.2) is 52.9 Å². The molecule has 0 N–H and O–H groups in total. The molecule has 1 aromatic heterocycles. The predicted molar refractivity (Wildman–Crippen MR) is 98.3 cm³/mol. The number of aryl methyl sites for hydroxylation is 1. The maximum atomic E-state index is 12.8. The highest BCUT2D eigenvalue weighted by molar-refractivity contribution is 7.18. The van der Waals surface area contributed by atoms with Crippen molar-refractivity contribution in [1.29, 1.82) is 0 Å². The molecular formula is C19H25N3OS. The summed E-state index contributed by atoms with van der Waals surface area (Å²) < 4.78 is 1.21. The molecule has 1 amide bonds. The first-order valence-corrected chi connectivity index (χ1v) is 9.88. The fraction of sp³-hybridized carbons (Fsp3) is 0.579. The lowest BCUT2D eigenvalue weighted by atomic mass is 10.0. The Hall–Kier alpha value is -1.46. The summed E-state index contributed by atoms with van der Waals surface area (Å²) in [5, 5.41) is 1.08. The lowest BCUT2D eigenvalue weighted by Crippen LogP contribution is -2.47. The van der Waals surface area contributed by atoms with E-state index in [0.29, 0.717) is 24.4 Å². The third-order valence-corrected chi connectivity index (χ3v) is 6.63. The fourth-order valence-corrected chi connectivity index (χ4v) is 5.28. The molecule has 2 aliphatic heterocycles. The van der Waals surface area contributed by atoms with E-state index in [0.717, 1.165) is 29.9 Å². The van der Waals surface area contributed by atoms with Crippen molar-refractivity contribution in [2.45, 2.75) is 50.6 Å². The molecule has 3 heterocycles. The van der Waals surface area contributed by atoms with E-state index in [2.05, 4.69) is 27.9 Å². The third-order valence-electron chi connectivity index (χ3n) is 5.53. The van der Waals surface area contributed by atoms with Crippen molar-refractivity contribution < 1.29 is 4.79 Å². The fourth-order valence-electron chi connectivity index (χ4n) is 4.31. The molecule has 0 spiro atoms. The Bertz CT molecular complexity index is 695. The average molecular weight is 343 g/mol. The van der Waals surface area contributed by atoms with Crippen LogP contribution in [0.15, 0.2) is 24.3 Å². The Kier molecular flexibility index (Phi) is 4.55. The summed E-state index contributed by atoms with van der Waals surface area (Å²) in [6.07, 6.45) is 6.19. The smallest absolute Gasteiger partial charge is 0.223 e. The van der Waals surface area contributed by atoms with Crippen molar-refractivity contribution in [1.82, 2.24) is 14.8 Å². The molecule has 0 aliphatic carbocycles.